The molecule has 5 rings (SSSR count). The molecule has 3 aromatic rings. The Morgan fingerprint density at radius 2 is 1.31 bits per heavy atom. The number of nitrogens with one attached hydrogen (secondary N) is 1. The lowest BCUT2D eigenvalue weighted by Gasteiger charge is -2.25. The van der Waals surface area contributed by atoms with Crippen LogP contribution < -0.4 is 5.32 Å². The van der Waals surface area contributed by atoms with Crippen LogP contribution in [0.5, 0.6) is 0 Å². The van der Waals surface area contributed by atoms with E-state index in [1.807, 2.05) is 48.5 Å². The molecule has 3 aromatic carbocycles. The van der Waals surface area contributed by atoms with Crippen molar-refractivity contribution in [3.05, 3.63) is 95.1 Å². The molecule has 0 saturated heterocycles. The highest BCUT2D eigenvalue weighted by molar-refractivity contribution is 6.21. The van der Waals surface area contributed by atoms with Gasteiger partial charge >= 0.3 is 12.1 Å². The molecule has 0 saturated carbocycles. The predicted octanol–water partition coefficient (Wildman–Crippen LogP) is 4.46. The van der Waals surface area contributed by atoms with Gasteiger partial charge in [-0.05, 0) is 55.2 Å². The van der Waals surface area contributed by atoms with E-state index in [9.17, 15) is 19.2 Å². The molecule has 1 N–H and O–H groups in total. The van der Waals surface area contributed by atoms with Gasteiger partial charge in [-0.3, -0.25) is 9.59 Å². The van der Waals surface area contributed by atoms with Crippen LogP contribution in [0.3, 0.4) is 0 Å². The number of amides is 3. The standard InChI is InChI=1S/C30H28N2O7/c1-30(2,3)38-17-25(28(35)39-32-26(33)22-14-8-9-15-23(22)27(32)34)31-29(36)37-16-24-20-12-6-4-10-18(20)19-11-5-7-13-21(19)24/h4-15,24-25H,16-17H2,1-3H3,(H,31,36)/t25-/m0/s1. The minimum absolute atomic E-state index is 0.0418. The van der Waals surface area contributed by atoms with Gasteiger partial charge in [-0.2, -0.15) is 0 Å². The van der Waals surface area contributed by atoms with E-state index in [2.05, 4.69) is 5.32 Å². The molecule has 9 nitrogen and oxygen atoms in total. The molecule has 1 aliphatic carbocycles. The normalized spacial score (nSPS) is 14.9. The molecule has 3 amide bonds. The number of rotatable bonds is 7. The summed E-state index contributed by atoms with van der Waals surface area (Å²) in [6, 6.07) is 20.7. The van der Waals surface area contributed by atoms with Gasteiger partial charge in [-0.15, -0.1) is 0 Å². The Morgan fingerprint density at radius 1 is 0.821 bits per heavy atom. The Balaban J connectivity index is 1.27. The molecule has 0 aromatic heterocycles. The highest BCUT2D eigenvalue weighted by Gasteiger charge is 2.40. The van der Waals surface area contributed by atoms with Crippen LogP contribution in [0.15, 0.2) is 72.8 Å². The average Bonchev–Trinajstić information content (AvgIpc) is 3.36. The van der Waals surface area contributed by atoms with Crippen LogP contribution in [0.4, 0.5) is 4.79 Å². The maximum Gasteiger partial charge on any atom is 0.407 e. The van der Waals surface area contributed by atoms with Crippen molar-refractivity contribution < 1.29 is 33.5 Å². The summed E-state index contributed by atoms with van der Waals surface area (Å²) < 4.78 is 11.3. The minimum atomic E-state index is -1.34. The molecule has 0 spiro atoms. The van der Waals surface area contributed by atoms with Crippen LogP contribution in [0.2, 0.25) is 0 Å². The van der Waals surface area contributed by atoms with Crippen molar-refractivity contribution in [1.82, 2.24) is 10.4 Å². The summed E-state index contributed by atoms with van der Waals surface area (Å²) >= 11 is 0. The smallest absolute Gasteiger partial charge is 0.407 e. The zero-order valence-electron chi connectivity index (χ0n) is 21.8. The number of benzene rings is 3. The van der Waals surface area contributed by atoms with Crippen LogP contribution in [0, 0.1) is 0 Å². The quantitative estimate of drug-likeness (QED) is 0.451. The Hall–Kier alpha value is -4.50. The second-order valence-electron chi connectivity index (χ2n) is 10.3. The first-order valence-corrected chi connectivity index (χ1v) is 12.6. The third kappa shape index (κ3) is 5.26. The van der Waals surface area contributed by atoms with Crippen molar-refractivity contribution in [1.29, 1.82) is 0 Å². The highest BCUT2D eigenvalue weighted by atomic mass is 16.7. The van der Waals surface area contributed by atoms with Gasteiger partial charge in [-0.1, -0.05) is 65.7 Å². The van der Waals surface area contributed by atoms with Crippen molar-refractivity contribution in [2.45, 2.75) is 38.3 Å². The number of hydrogen-bond donors (Lipinski definition) is 1. The van der Waals surface area contributed by atoms with Crippen LogP contribution in [-0.4, -0.2) is 53.8 Å². The number of alkyl carbamates (subject to hydrolysis) is 1. The summed E-state index contributed by atoms with van der Waals surface area (Å²) in [6.07, 6.45) is -0.862. The first-order chi connectivity index (χ1) is 18.6. The van der Waals surface area contributed by atoms with E-state index in [0.29, 0.717) is 5.06 Å². The fraction of sp³-hybridized carbons (Fsp3) is 0.267. The molecule has 2 aliphatic rings. The molecule has 0 radical (unpaired) electrons. The summed E-state index contributed by atoms with van der Waals surface area (Å²) in [5.74, 6) is -2.74. The van der Waals surface area contributed by atoms with E-state index >= 15 is 0 Å². The fourth-order valence-electron chi connectivity index (χ4n) is 4.69. The largest absolute Gasteiger partial charge is 0.449 e. The summed E-state index contributed by atoms with van der Waals surface area (Å²) in [7, 11) is 0. The number of nitrogens with zero attached hydrogens (tertiary/aromatic N) is 1. The molecule has 0 fully saturated rings. The number of carbonyl (C=O) groups excluding carboxylic acids is 4. The van der Waals surface area contributed by atoms with E-state index in [-0.39, 0.29) is 30.3 Å². The minimum Gasteiger partial charge on any atom is -0.449 e. The lowest BCUT2D eigenvalue weighted by molar-refractivity contribution is -0.173. The highest BCUT2D eigenvalue weighted by Crippen LogP contribution is 2.44. The molecule has 0 unspecified atom stereocenters. The van der Waals surface area contributed by atoms with Crippen molar-refractivity contribution in [3.63, 3.8) is 0 Å². The van der Waals surface area contributed by atoms with Gasteiger partial charge in [0.1, 0.15) is 6.61 Å². The van der Waals surface area contributed by atoms with Crippen LogP contribution in [-0.2, 0) is 19.1 Å². The van der Waals surface area contributed by atoms with E-state index < -0.39 is 35.5 Å². The van der Waals surface area contributed by atoms with Crippen LogP contribution in [0.1, 0.15) is 58.5 Å². The van der Waals surface area contributed by atoms with Crippen LogP contribution in [0.25, 0.3) is 11.1 Å². The summed E-state index contributed by atoms with van der Waals surface area (Å²) in [5.41, 5.74) is 3.88. The van der Waals surface area contributed by atoms with Crippen LogP contribution >= 0.6 is 0 Å². The number of imide groups is 1. The summed E-state index contributed by atoms with van der Waals surface area (Å²) in [6.45, 7) is 5.13. The number of hydrogen-bond acceptors (Lipinski definition) is 7. The zero-order valence-corrected chi connectivity index (χ0v) is 21.8. The zero-order chi connectivity index (χ0) is 27.7. The lowest BCUT2D eigenvalue weighted by Crippen LogP contribution is -2.49. The van der Waals surface area contributed by atoms with E-state index in [1.54, 1.807) is 32.9 Å². The molecular weight excluding hydrogens is 500 g/mol. The average molecular weight is 529 g/mol. The van der Waals surface area contributed by atoms with E-state index in [4.69, 9.17) is 14.3 Å². The van der Waals surface area contributed by atoms with Gasteiger partial charge in [-0.25, -0.2) is 9.59 Å². The third-order valence-electron chi connectivity index (χ3n) is 6.54. The van der Waals surface area contributed by atoms with Crippen molar-refractivity contribution >= 4 is 23.9 Å². The maximum atomic E-state index is 13.1. The number of carbonyl (C=O) groups is 4. The number of ether oxygens (including phenoxy) is 2. The molecule has 1 heterocycles. The lowest BCUT2D eigenvalue weighted by atomic mass is 9.98. The number of hydroxylamine groups is 2. The van der Waals surface area contributed by atoms with Crippen molar-refractivity contribution in [3.8, 4) is 11.1 Å². The van der Waals surface area contributed by atoms with Gasteiger partial charge in [0.05, 0.1) is 23.3 Å². The third-order valence-corrected chi connectivity index (χ3v) is 6.54. The second-order valence-corrected chi connectivity index (χ2v) is 10.3. The van der Waals surface area contributed by atoms with Gasteiger partial charge in [0.25, 0.3) is 11.8 Å². The van der Waals surface area contributed by atoms with Gasteiger partial charge in [0.15, 0.2) is 6.04 Å². The summed E-state index contributed by atoms with van der Waals surface area (Å²) in [5, 5.41) is 2.88. The van der Waals surface area contributed by atoms with E-state index in [0.717, 1.165) is 22.3 Å². The predicted molar refractivity (Wildman–Crippen MR) is 141 cm³/mol. The molecule has 1 atom stereocenters. The number of fused-ring (bicyclic) bond motifs is 4. The van der Waals surface area contributed by atoms with Gasteiger partial charge < -0.3 is 19.6 Å². The molecule has 39 heavy (non-hydrogen) atoms. The summed E-state index contributed by atoms with van der Waals surface area (Å²) in [4.78, 5) is 56.4. The maximum absolute atomic E-state index is 13.1. The van der Waals surface area contributed by atoms with Crippen molar-refractivity contribution in [2.75, 3.05) is 13.2 Å². The molecule has 200 valence electrons. The Morgan fingerprint density at radius 3 is 1.82 bits per heavy atom. The molecule has 0 bridgehead atoms. The molecule has 9 heteroatoms. The SMILES string of the molecule is CC(C)(C)OC[C@H](NC(=O)OCC1c2ccccc2-c2ccccc21)C(=O)ON1C(=O)c2ccccc2C1=O. The Bertz CT molecular complexity index is 1380. The van der Waals surface area contributed by atoms with Gasteiger partial charge in [0, 0.05) is 5.92 Å². The second kappa shape index (κ2) is 10.3. The molecule has 1 aliphatic heterocycles. The van der Waals surface area contributed by atoms with Gasteiger partial charge in [0.2, 0.25) is 0 Å². The monoisotopic (exact) mass is 528 g/mol. The Kier molecular flexibility index (Phi) is 6.93. The molecular formula is C30H28N2O7. The Labute approximate surface area is 225 Å². The van der Waals surface area contributed by atoms with Crippen molar-refractivity contribution in [2.24, 2.45) is 0 Å². The fourth-order valence-corrected chi connectivity index (χ4v) is 4.69. The topological polar surface area (TPSA) is 111 Å². The first-order valence-electron chi connectivity index (χ1n) is 12.6. The van der Waals surface area contributed by atoms with E-state index in [1.165, 1.54) is 12.1 Å². The first kappa shape index (κ1) is 26.1.